The number of aliphatic carboxylic acids is 2. The molecule has 0 amide bonds. The standard InChI is InChI=1S/C7H9NO4/c8-7(6(11)12)2-1-4(3-7)5(9)10/h1H,2-3,8H2,(H,9,10)(H,11,12). The molecule has 1 aliphatic carbocycles. The molecule has 0 radical (unpaired) electrons. The van der Waals surface area contributed by atoms with E-state index in [0.29, 0.717) is 0 Å². The van der Waals surface area contributed by atoms with Crippen LogP contribution in [0.4, 0.5) is 0 Å². The fraction of sp³-hybridized carbons (Fsp3) is 0.429. The van der Waals surface area contributed by atoms with Crippen molar-refractivity contribution < 1.29 is 19.8 Å². The van der Waals surface area contributed by atoms with Crippen molar-refractivity contribution in [2.24, 2.45) is 5.73 Å². The Hall–Kier alpha value is -1.36. The maximum Gasteiger partial charge on any atom is 0.331 e. The van der Waals surface area contributed by atoms with Gasteiger partial charge >= 0.3 is 11.9 Å². The minimum absolute atomic E-state index is 0.0832. The largest absolute Gasteiger partial charge is 0.480 e. The predicted octanol–water partition coefficient (Wildman–Crippen LogP) is -0.427. The molecule has 0 fully saturated rings. The van der Waals surface area contributed by atoms with Crippen LogP contribution in [-0.2, 0) is 9.59 Å². The lowest BCUT2D eigenvalue weighted by molar-refractivity contribution is -0.142. The van der Waals surface area contributed by atoms with E-state index in [2.05, 4.69) is 0 Å². The van der Waals surface area contributed by atoms with Gasteiger partial charge in [-0.05, 0) is 6.42 Å². The molecule has 0 saturated heterocycles. The Labute approximate surface area is 68.5 Å². The molecule has 0 aromatic heterocycles. The average Bonchev–Trinajstić information content (AvgIpc) is 2.33. The minimum Gasteiger partial charge on any atom is -0.480 e. The number of hydrogen-bond acceptors (Lipinski definition) is 3. The van der Waals surface area contributed by atoms with Gasteiger partial charge in [-0.1, -0.05) is 6.08 Å². The van der Waals surface area contributed by atoms with E-state index >= 15 is 0 Å². The smallest absolute Gasteiger partial charge is 0.331 e. The van der Waals surface area contributed by atoms with Gasteiger partial charge in [0.2, 0.25) is 0 Å². The first-order chi connectivity index (χ1) is 5.46. The first-order valence-electron chi connectivity index (χ1n) is 3.40. The van der Waals surface area contributed by atoms with Crippen molar-refractivity contribution in [3.8, 4) is 0 Å². The van der Waals surface area contributed by atoms with Crippen LogP contribution in [-0.4, -0.2) is 27.7 Å². The highest BCUT2D eigenvalue weighted by molar-refractivity contribution is 5.91. The zero-order chi connectivity index (χ0) is 9.35. The van der Waals surface area contributed by atoms with E-state index < -0.39 is 17.5 Å². The molecule has 66 valence electrons. The second-order valence-corrected chi connectivity index (χ2v) is 2.88. The van der Waals surface area contributed by atoms with Crippen LogP contribution in [0.2, 0.25) is 0 Å². The third-order valence-electron chi connectivity index (χ3n) is 1.92. The predicted molar refractivity (Wildman–Crippen MR) is 39.5 cm³/mol. The van der Waals surface area contributed by atoms with E-state index in [1.807, 2.05) is 0 Å². The van der Waals surface area contributed by atoms with Gasteiger partial charge in [0.1, 0.15) is 5.54 Å². The van der Waals surface area contributed by atoms with Gasteiger partial charge in [-0.2, -0.15) is 0 Å². The molecule has 1 aliphatic rings. The summed E-state index contributed by atoms with van der Waals surface area (Å²) in [5.41, 5.74) is 4.09. The number of carbonyl (C=O) groups is 2. The van der Waals surface area contributed by atoms with Crippen LogP contribution in [0.5, 0.6) is 0 Å². The maximum absolute atomic E-state index is 10.5. The zero-order valence-electron chi connectivity index (χ0n) is 6.28. The Balaban J connectivity index is 2.75. The van der Waals surface area contributed by atoms with E-state index in [0.717, 1.165) is 0 Å². The SMILES string of the molecule is NC1(C(=O)O)CC=C(C(=O)O)C1. The molecule has 0 saturated carbocycles. The number of hydrogen-bond donors (Lipinski definition) is 3. The van der Waals surface area contributed by atoms with Crippen LogP contribution in [0.25, 0.3) is 0 Å². The van der Waals surface area contributed by atoms with Crippen molar-refractivity contribution >= 4 is 11.9 Å². The quantitative estimate of drug-likeness (QED) is 0.523. The molecule has 0 aromatic carbocycles. The molecule has 0 bridgehead atoms. The van der Waals surface area contributed by atoms with Crippen LogP contribution < -0.4 is 5.73 Å². The maximum atomic E-state index is 10.5. The highest BCUT2D eigenvalue weighted by Gasteiger charge is 2.39. The molecule has 1 unspecified atom stereocenters. The molecular formula is C7H9NO4. The van der Waals surface area contributed by atoms with E-state index in [9.17, 15) is 9.59 Å². The number of carboxylic acid groups (broad SMARTS) is 2. The third kappa shape index (κ3) is 1.31. The first kappa shape index (κ1) is 8.73. The summed E-state index contributed by atoms with van der Waals surface area (Å²) >= 11 is 0. The van der Waals surface area contributed by atoms with Crippen molar-refractivity contribution in [1.29, 1.82) is 0 Å². The molecule has 4 N–H and O–H groups in total. The lowest BCUT2D eigenvalue weighted by atomic mass is 9.97. The van der Waals surface area contributed by atoms with Crippen molar-refractivity contribution in [1.82, 2.24) is 0 Å². The fourth-order valence-electron chi connectivity index (χ4n) is 1.12. The summed E-state index contributed by atoms with van der Waals surface area (Å²) < 4.78 is 0. The van der Waals surface area contributed by atoms with Crippen LogP contribution in [0.15, 0.2) is 11.6 Å². The highest BCUT2D eigenvalue weighted by atomic mass is 16.4. The molecule has 1 rings (SSSR count). The lowest BCUT2D eigenvalue weighted by Gasteiger charge is -2.16. The molecule has 0 spiro atoms. The van der Waals surface area contributed by atoms with E-state index in [4.69, 9.17) is 15.9 Å². The van der Waals surface area contributed by atoms with Gasteiger partial charge in [0.05, 0.1) is 0 Å². The third-order valence-corrected chi connectivity index (χ3v) is 1.92. The topological polar surface area (TPSA) is 101 Å². The van der Waals surface area contributed by atoms with Crippen LogP contribution in [0.1, 0.15) is 12.8 Å². The highest BCUT2D eigenvalue weighted by Crippen LogP contribution is 2.27. The van der Waals surface area contributed by atoms with E-state index in [-0.39, 0.29) is 18.4 Å². The Morgan fingerprint density at radius 3 is 2.33 bits per heavy atom. The second-order valence-electron chi connectivity index (χ2n) is 2.88. The summed E-state index contributed by atoms with van der Waals surface area (Å²) in [7, 11) is 0. The Bertz CT molecular complexity index is 271. The van der Waals surface area contributed by atoms with Crippen molar-refractivity contribution in [2.45, 2.75) is 18.4 Å². The lowest BCUT2D eigenvalue weighted by Crippen LogP contribution is -2.45. The Morgan fingerprint density at radius 2 is 2.08 bits per heavy atom. The summed E-state index contributed by atoms with van der Waals surface area (Å²) in [6.45, 7) is 0. The second kappa shape index (κ2) is 2.60. The van der Waals surface area contributed by atoms with Crippen LogP contribution in [0, 0.1) is 0 Å². The van der Waals surface area contributed by atoms with Gasteiger partial charge in [0, 0.05) is 12.0 Å². The van der Waals surface area contributed by atoms with E-state index in [1.165, 1.54) is 6.08 Å². The number of nitrogens with two attached hydrogens (primary N) is 1. The summed E-state index contributed by atoms with van der Waals surface area (Å²) in [4.78, 5) is 20.9. The summed E-state index contributed by atoms with van der Waals surface area (Å²) in [6, 6.07) is 0. The summed E-state index contributed by atoms with van der Waals surface area (Å²) in [5, 5.41) is 17.1. The molecule has 5 nitrogen and oxygen atoms in total. The molecule has 0 aliphatic heterocycles. The van der Waals surface area contributed by atoms with Gasteiger partial charge in [-0.15, -0.1) is 0 Å². The summed E-state index contributed by atoms with van der Waals surface area (Å²) in [5.74, 6) is -2.25. The number of rotatable bonds is 2. The van der Waals surface area contributed by atoms with Gasteiger partial charge in [-0.25, -0.2) is 4.79 Å². The molecular weight excluding hydrogens is 162 g/mol. The molecule has 0 aromatic rings. The molecule has 1 atom stereocenters. The van der Waals surface area contributed by atoms with Crippen molar-refractivity contribution in [3.05, 3.63) is 11.6 Å². The Kier molecular flexibility index (Phi) is 1.89. The van der Waals surface area contributed by atoms with Crippen LogP contribution >= 0.6 is 0 Å². The molecule has 5 heteroatoms. The van der Waals surface area contributed by atoms with Gasteiger partial charge in [-0.3, -0.25) is 4.79 Å². The first-order valence-corrected chi connectivity index (χ1v) is 3.40. The number of carboxylic acids is 2. The van der Waals surface area contributed by atoms with Gasteiger partial charge in [0.15, 0.2) is 0 Å². The average molecular weight is 171 g/mol. The van der Waals surface area contributed by atoms with Gasteiger partial charge < -0.3 is 15.9 Å². The molecule has 0 heterocycles. The Morgan fingerprint density at radius 1 is 1.50 bits per heavy atom. The molecule has 12 heavy (non-hydrogen) atoms. The van der Waals surface area contributed by atoms with Gasteiger partial charge in [0.25, 0.3) is 0 Å². The van der Waals surface area contributed by atoms with E-state index in [1.54, 1.807) is 0 Å². The van der Waals surface area contributed by atoms with Crippen molar-refractivity contribution in [3.63, 3.8) is 0 Å². The zero-order valence-corrected chi connectivity index (χ0v) is 6.28. The summed E-state index contributed by atoms with van der Waals surface area (Å²) in [6.07, 6.45) is 1.35. The van der Waals surface area contributed by atoms with Crippen LogP contribution in [0.3, 0.4) is 0 Å². The normalized spacial score (nSPS) is 28.2. The fourth-order valence-corrected chi connectivity index (χ4v) is 1.12. The van der Waals surface area contributed by atoms with Crippen molar-refractivity contribution in [2.75, 3.05) is 0 Å². The monoisotopic (exact) mass is 171 g/mol. The minimum atomic E-state index is -1.41.